The third kappa shape index (κ3) is 4.28. The number of hydrogen-bond acceptors (Lipinski definition) is 7. The van der Waals surface area contributed by atoms with Crippen molar-refractivity contribution < 1.29 is 19.0 Å². The molecular weight excluding hydrogens is 498 g/mol. The lowest BCUT2D eigenvalue weighted by Gasteiger charge is -2.45. The quantitative estimate of drug-likeness (QED) is 0.399. The summed E-state index contributed by atoms with van der Waals surface area (Å²) in [6.07, 6.45) is 2.66. The van der Waals surface area contributed by atoms with Crippen molar-refractivity contribution in [2.45, 2.75) is 32.2 Å². The van der Waals surface area contributed by atoms with Gasteiger partial charge in [-0.25, -0.2) is 5.01 Å². The SMILES string of the molecule is COc1cc(/C=C2\SC(=O)N[C@@]23Oc2ccccc2[C@@H]2CC(c4ccccc4)=NN23)ccc1OCC(C)C. The second-order valence-electron chi connectivity index (χ2n) is 9.90. The lowest BCUT2D eigenvalue weighted by Crippen LogP contribution is -2.61. The molecule has 0 aromatic heterocycles. The highest BCUT2D eigenvalue weighted by Gasteiger charge is 2.58. The fourth-order valence-corrected chi connectivity index (χ4v) is 5.88. The normalized spacial score (nSPS) is 22.7. The van der Waals surface area contributed by atoms with E-state index in [1.165, 1.54) is 0 Å². The summed E-state index contributed by atoms with van der Waals surface area (Å²) in [5.41, 5.74) is 3.92. The summed E-state index contributed by atoms with van der Waals surface area (Å²) in [7, 11) is 1.63. The second kappa shape index (κ2) is 9.76. The lowest BCUT2D eigenvalue weighted by molar-refractivity contribution is -0.0949. The van der Waals surface area contributed by atoms with Gasteiger partial charge in [0.2, 0.25) is 0 Å². The molecule has 3 heterocycles. The summed E-state index contributed by atoms with van der Waals surface area (Å²) in [5, 5.41) is 9.86. The van der Waals surface area contributed by atoms with Gasteiger partial charge in [-0.1, -0.05) is 68.4 Å². The topological polar surface area (TPSA) is 72.4 Å². The molecule has 0 radical (unpaired) electrons. The number of nitrogens with one attached hydrogen (secondary N) is 1. The van der Waals surface area contributed by atoms with Crippen LogP contribution in [0.5, 0.6) is 17.2 Å². The number of amides is 1. The Kier molecular flexibility index (Phi) is 6.27. The molecule has 6 rings (SSSR count). The minimum absolute atomic E-state index is 0.0844. The van der Waals surface area contributed by atoms with Gasteiger partial charge in [0, 0.05) is 12.0 Å². The third-order valence-corrected chi connectivity index (χ3v) is 7.64. The molecule has 194 valence electrons. The van der Waals surface area contributed by atoms with E-state index in [-0.39, 0.29) is 11.3 Å². The van der Waals surface area contributed by atoms with Gasteiger partial charge >= 0.3 is 5.85 Å². The average molecular weight is 528 g/mol. The molecule has 38 heavy (non-hydrogen) atoms. The fourth-order valence-electron chi connectivity index (χ4n) is 4.97. The van der Waals surface area contributed by atoms with Crippen LogP contribution < -0.4 is 19.5 Å². The predicted octanol–water partition coefficient (Wildman–Crippen LogP) is 6.42. The van der Waals surface area contributed by atoms with Crippen LogP contribution in [0.2, 0.25) is 0 Å². The van der Waals surface area contributed by atoms with E-state index in [4.69, 9.17) is 19.3 Å². The molecule has 0 saturated carbocycles. The molecule has 7 nitrogen and oxygen atoms in total. The van der Waals surface area contributed by atoms with Gasteiger partial charge in [-0.15, -0.1) is 0 Å². The molecule has 1 N–H and O–H groups in total. The fraction of sp³-hybridized carbons (Fsp3) is 0.267. The number of carbonyl (C=O) groups is 1. The van der Waals surface area contributed by atoms with Crippen LogP contribution in [-0.4, -0.2) is 35.5 Å². The highest BCUT2D eigenvalue weighted by Crippen LogP contribution is 2.52. The van der Waals surface area contributed by atoms with Crippen LogP contribution in [-0.2, 0) is 0 Å². The highest BCUT2D eigenvalue weighted by molar-refractivity contribution is 8.17. The Balaban J connectivity index is 1.43. The smallest absolute Gasteiger partial charge is 0.314 e. The number of fused-ring (bicyclic) bond motifs is 4. The van der Waals surface area contributed by atoms with Crippen LogP contribution in [0.4, 0.5) is 4.79 Å². The summed E-state index contributed by atoms with van der Waals surface area (Å²) in [4.78, 5) is 13.6. The highest BCUT2D eigenvalue weighted by atomic mass is 32.2. The lowest BCUT2D eigenvalue weighted by atomic mass is 9.95. The van der Waals surface area contributed by atoms with Crippen molar-refractivity contribution in [3.8, 4) is 17.2 Å². The molecule has 8 heteroatoms. The number of rotatable bonds is 6. The number of carbonyl (C=O) groups excluding carboxylic acids is 1. The zero-order valence-electron chi connectivity index (χ0n) is 21.5. The molecule has 2 atom stereocenters. The van der Waals surface area contributed by atoms with E-state index in [2.05, 4.69) is 37.4 Å². The Bertz CT molecular complexity index is 1440. The maximum atomic E-state index is 12.9. The number of thioether (sulfide) groups is 1. The zero-order chi connectivity index (χ0) is 26.3. The van der Waals surface area contributed by atoms with Crippen LogP contribution in [0.1, 0.15) is 43.0 Å². The Morgan fingerprint density at radius 1 is 1.13 bits per heavy atom. The number of ether oxygens (including phenoxy) is 3. The molecule has 0 unspecified atom stereocenters. The first-order chi connectivity index (χ1) is 18.5. The Morgan fingerprint density at radius 3 is 2.71 bits per heavy atom. The first-order valence-corrected chi connectivity index (χ1v) is 13.5. The van der Waals surface area contributed by atoms with E-state index in [9.17, 15) is 4.79 Å². The van der Waals surface area contributed by atoms with Gasteiger partial charge < -0.3 is 14.2 Å². The van der Waals surface area contributed by atoms with E-state index in [0.29, 0.717) is 35.3 Å². The van der Waals surface area contributed by atoms with Gasteiger partial charge in [-0.3, -0.25) is 10.1 Å². The maximum Gasteiger partial charge on any atom is 0.314 e. The molecule has 1 amide bonds. The van der Waals surface area contributed by atoms with Crippen LogP contribution in [0, 0.1) is 5.92 Å². The Morgan fingerprint density at radius 2 is 1.92 bits per heavy atom. The molecule has 3 aliphatic rings. The largest absolute Gasteiger partial charge is 0.493 e. The third-order valence-electron chi connectivity index (χ3n) is 6.74. The van der Waals surface area contributed by atoms with Gasteiger partial charge in [0.1, 0.15) is 5.75 Å². The number of methoxy groups -OCH3 is 1. The predicted molar refractivity (Wildman–Crippen MR) is 149 cm³/mol. The van der Waals surface area contributed by atoms with Crippen LogP contribution >= 0.6 is 11.8 Å². The van der Waals surface area contributed by atoms with E-state index in [0.717, 1.165) is 39.9 Å². The van der Waals surface area contributed by atoms with E-state index >= 15 is 0 Å². The molecule has 1 spiro atoms. The van der Waals surface area contributed by atoms with Crippen LogP contribution in [0.3, 0.4) is 0 Å². The van der Waals surface area contributed by atoms with Gasteiger partial charge in [-0.2, -0.15) is 5.10 Å². The number of hydrogen-bond donors (Lipinski definition) is 1. The molecule has 3 aliphatic heterocycles. The van der Waals surface area contributed by atoms with Crippen LogP contribution in [0.25, 0.3) is 6.08 Å². The standard InChI is InChI=1S/C30H29N3O4S/c1-19(2)18-36-26-14-13-20(15-27(26)35-3)16-28-30(31-29(34)38-28)33-24(22-11-7-8-12-25(22)37-30)17-23(32-33)21-9-5-4-6-10-21/h4-16,19,24H,17-18H2,1-3H3,(H,31,34)/b28-16-/t24-,30-/m0/s1. The second-order valence-corrected chi connectivity index (χ2v) is 10.9. The van der Waals surface area contributed by atoms with E-state index in [1.54, 1.807) is 7.11 Å². The van der Waals surface area contributed by atoms with Crippen LogP contribution in [0.15, 0.2) is 82.8 Å². The average Bonchev–Trinajstić information content (AvgIpc) is 3.51. The summed E-state index contributed by atoms with van der Waals surface area (Å²) >= 11 is 1.12. The summed E-state index contributed by atoms with van der Waals surface area (Å²) in [6, 6.07) is 23.8. The van der Waals surface area contributed by atoms with Crippen molar-refractivity contribution >= 4 is 28.8 Å². The number of para-hydroxylation sites is 1. The van der Waals surface area contributed by atoms with Gasteiger partial charge in [-0.05, 0) is 53.1 Å². The van der Waals surface area contributed by atoms with E-state index < -0.39 is 5.85 Å². The summed E-state index contributed by atoms with van der Waals surface area (Å²) in [5.74, 6) is 1.20. The van der Waals surface area contributed by atoms with Crippen molar-refractivity contribution in [2.75, 3.05) is 13.7 Å². The maximum absolute atomic E-state index is 12.9. The molecule has 3 aromatic carbocycles. The minimum Gasteiger partial charge on any atom is -0.493 e. The summed E-state index contributed by atoms with van der Waals surface area (Å²) < 4.78 is 18.2. The molecule has 1 fully saturated rings. The monoisotopic (exact) mass is 527 g/mol. The number of hydrazone groups is 1. The number of benzene rings is 3. The summed E-state index contributed by atoms with van der Waals surface area (Å²) in [6.45, 7) is 4.80. The first-order valence-electron chi connectivity index (χ1n) is 12.7. The molecular formula is C30H29N3O4S. The van der Waals surface area contributed by atoms with Crippen molar-refractivity contribution in [1.82, 2.24) is 10.3 Å². The van der Waals surface area contributed by atoms with Crippen molar-refractivity contribution in [3.63, 3.8) is 0 Å². The van der Waals surface area contributed by atoms with Gasteiger partial charge in [0.25, 0.3) is 5.24 Å². The Hall–Kier alpha value is -3.91. The van der Waals surface area contributed by atoms with Crippen molar-refractivity contribution in [3.05, 3.63) is 94.4 Å². The van der Waals surface area contributed by atoms with Crippen molar-refractivity contribution in [2.24, 2.45) is 11.0 Å². The van der Waals surface area contributed by atoms with Gasteiger partial charge in [0.05, 0.1) is 30.4 Å². The molecule has 1 saturated heterocycles. The molecule has 0 aliphatic carbocycles. The van der Waals surface area contributed by atoms with E-state index in [1.807, 2.05) is 65.7 Å². The molecule has 0 bridgehead atoms. The molecule has 3 aromatic rings. The first kappa shape index (κ1) is 24.4. The zero-order valence-corrected chi connectivity index (χ0v) is 22.3. The number of nitrogens with zero attached hydrogens (tertiary/aromatic N) is 2. The van der Waals surface area contributed by atoms with Gasteiger partial charge in [0.15, 0.2) is 11.5 Å². The Labute approximate surface area is 226 Å². The minimum atomic E-state index is -1.25. The van der Waals surface area contributed by atoms with Crippen molar-refractivity contribution in [1.29, 1.82) is 0 Å².